The molecular weight excluding hydrogens is 470 g/mol. The second-order valence-corrected chi connectivity index (χ2v) is 8.73. The first-order valence-corrected chi connectivity index (χ1v) is 10.6. The molecule has 2 heterocycles. The van der Waals surface area contributed by atoms with Crippen molar-refractivity contribution in [3.63, 3.8) is 0 Å². The lowest BCUT2D eigenvalue weighted by Gasteiger charge is -2.27. The van der Waals surface area contributed by atoms with Crippen LogP contribution in [-0.4, -0.2) is 50.5 Å². The Morgan fingerprint density at radius 1 is 1.17 bits per heavy atom. The number of morpholine rings is 1. The summed E-state index contributed by atoms with van der Waals surface area (Å²) < 4.78 is 72.0. The van der Waals surface area contributed by atoms with Gasteiger partial charge in [0.25, 0.3) is 15.9 Å². The average molecular weight is 484 g/mol. The summed E-state index contributed by atoms with van der Waals surface area (Å²) in [5.41, 5.74) is -1.81. The van der Waals surface area contributed by atoms with E-state index in [1.807, 2.05) is 0 Å². The first-order valence-electron chi connectivity index (χ1n) is 8.41. The molecule has 1 fully saturated rings. The molecule has 0 unspecified atom stereocenters. The van der Waals surface area contributed by atoms with Crippen LogP contribution in [0.15, 0.2) is 35.4 Å². The Kier molecular flexibility index (Phi) is 6.46. The lowest BCUT2D eigenvalue weighted by molar-refractivity contribution is -0.137. The van der Waals surface area contributed by atoms with E-state index < -0.39 is 37.6 Å². The van der Waals surface area contributed by atoms with Gasteiger partial charge >= 0.3 is 6.18 Å². The Hall–Kier alpha value is -2.08. The van der Waals surface area contributed by atoms with Gasteiger partial charge in [0, 0.05) is 19.3 Å². The first-order chi connectivity index (χ1) is 14.0. The molecule has 0 atom stereocenters. The molecule has 2 aromatic rings. The molecule has 1 aliphatic heterocycles. The van der Waals surface area contributed by atoms with E-state index in [1.54, 1.807) is 0 Å². The number of hydrogen-bond donors (Lipinski definition) is 1. The molecule has 30 heavy (non-hydrogen) atoms. The van der Waals surface area contributed by atoms with Crippen LogP contribution in [0, 0.1) is 0 Å². The zero-order chi connectivity index (χ0) is 22.1. The van der Waals surface area contributed by atoms with Gasteiger partial charge in [-0.25, -0.2) is 13.4 Å². The molecule has 0 spiro atoms. The van der Waals surface area contributed by atoms with Crippen molar-refractivity contribution in [2.24, 2.45) is 0 Å². The van der Waals surface area contributed by atoms with Gasteiger partial charge in [-0.3, -0.25) is 9.52 Å². The molecule has 13 heteroatoms. The minimum absolute atomic E-state index is 0.0262. The minimum atomic E-state index is -4.85. The van der Waals surface area contributed by atoms with Gasteiger partial charge in [0.1, 0.15) is 0 Å². The maximum atomic E-state index is 13.1. The molecule has 7 nitrogen and oxygen atoms in total. The lowest BCUT2D eigenvalue weighted by atomic mass is 10.2. The van der Waals surface area contributed by atoms with Gasteiger partial charge in [0.05, 0.1) is 39.4 Å². The van der Waals surface area contributed by atoms with Crippen molar-refractivity contribution in [3.8, 4) is 0 Å². The van der Waals surface area contributed by atoms with Crippen molar-refractivity contribution in [2.45, 2.75) is 11.1 Å². The maximum absolute atomic E-state index is 13.1. The number of anilines is 1. The number of hydrogen-bond acceptors (Lipinski definition) is 5. The number of amides is 1. The van der Waals surface area contributed by atoms with Gasteiger partial charge in [-0.2, -0.15) is 13.2 Å². The summed E-state index contributed by atoms with van der Waals surface area (Å²) in [5, 5.41) is -0.618. The zero-order valence-electron chi connectivity index (χ0n) is 15.0. The molecular formula is C17H14Cl2F3N3O4S. The monoisotopic (exact) mass is 483 g/mol. The van der Waals surface area contributed by atoms with Crippen molar-refractivity contribution in [1.82, 2.24) is 9.88 Å². The van der Waals surface area contributed by atoms with E-state index in [1.165, 1.54) is 4.90 Å². The van der Waals surface area contributed by atoms with Crippen LogP contribution >= 0.6 is 23.2 Å². The summed E-state index contributed by atoms with van der Waals surface area (Å²) >= 11 is 11.4. The molecule has 0 aliphatic carbocycles. The molecule has 1 aromatic carbocycles. The molecule has 0 saturated carbocycles. The van der Waals surface area contributed by atoms with Crippen molar-refractivity contribution >= 4 is 44.8 Å². The van der Waals surface area contributed by atoms with E-state index in [0.29, 0.717) is 19.3 Å². The summed E-state index contributed by atoms with van der Waals surface area (Å²) in [6.07, 6.45) is -3.69. The third-order valence-corrected chi connectivity index (χ3v) is 6.05. The molecule has 1 aromatic heterocycles. The van der Waals surface area contributed by atoms with Gasteiger partial charge in [0.15, 0.2) is 5.69 Å². The largest absolute Gasteiger partial charge is 0.417 e. The molecule has 162 valence electrons. The van der Waals surface area contributed by atoms with Crippen LogP contribution in [0.4, 0.5) is 18.9 Å². The molecule has 1 N–H and O–H groups in total. The van der Waals surface area contributed by atoms with Gasteiger partial charge in [-0.05, 0) is 24.3 Å². The fraction of sp³-hybridized carbons (Fsp3) is 0.294. The Labute approximate surface area is 179 Å². The van der Waals surface area contributed by atoms with E-state index in [9.17, 15) is 26.4 Å². The number of nitrogens with one attached hydrogen (secondary N) is 1. The number of rotatable bonds is 4. The van der Waals surface area contributed by atoms with Crippen molar-refractivity contribution in [3.05, 3.63) is 51.8 Å². The number of aromatic nitrogens is 1. The Morgan fingerprint density at radius 3 is 2.47 bits per heavy atom. The van der Waals surface area contributed by atoms with Crippen molar-refractivity contribution in [2.75, 3.05) is 31.0 Å². The number of nitrogens with zero attached hydrogens (tertiary/aromatic N) is 2. The molecule has 3 rings (SSSR count). The van der Waals surface area contributed by atoms with Crippen molar-refractivity contribution in [1.29, 1.82) is 0 Å². The number of sulfonamides is 1. The third kappa shape index (κ3) is 4.97. The molecule has 1 aliphatic rings. The van der Waals surface area contributed by atoms with Gasteiger partial charge in [0.2, 0.25) is 0 Å². The number of ether oxygens (including phenoxy) is 1. The van der Waals surface area contributed by atoms with Crippen LogP contribution in [0.2, 0.25) is 10.0 Å². The van der Waals surface area contributed by atoms with E-state index in [2.05, 4.69) is 9.71 Å². The molecule has 1 saturated heterocycles. The van der Waals surface area contributed by atoms with Crippen LogP contribution in [0.3, 0.4) is 0 Å². The maximum Gasteiger partial charge on any atom is 0.417 e. The normalized spacial score (nSPS) is 15.2. The molecule has 1 amide bonds. The van der Waals surface area contributed by atoms with E-state index in [-0.39, 0.29) is 29.5 Å². The summed E-state index contributed by atoms with van der Waals surface area (Å²) in [6.45, 7) is 1.18. The fourth-order valence-electron chi connectivity index (χ4n) is 2.70. The van der Waals surface area contributed by atoms with E-state index in [4.69, 9.17) is 27.9 Å². The number of carbonyl (C=O) groups is 1. The van der Waals surface area contributed by atoms with E-state index >= 15 is 0 Å². The van der Waals surface area contributed by atoms with Gasteiger partial charge < -0.3 is 9.64 Å². The summed E-state index contributed by atoms with van der Waals surface area (Å²) in [7, 11) is -4.52. The number of pyridine rings is 1. The van der Waals surface area contributed by atoms with Crippen LogP contribution in [-0.2, 0) is 20.9 Å². The predicted molar refractivity (Wildman–Crippen MR) is 103 cm³/mol. The standard InChI is InChI=1S/C17H14Cl2F3N3O4S/c18-10-7-14(15(23-9-10)16(26)25-3-5-29-6-4-25)24-30(27,28)11-1-2-13(19)12(8-11)17(20,21)22/h1-2,7-9,24H,3-6H2. The number of benzene rings is 1. The summed E-state index contributed by atoms with van der Waals surface area (Å²) in [6, 6.07) is 3.31. The highest BCUT2D eigenvalue weighted by molar-refractivity contribution is 7.92. The Bertz CT molecular complexity index is 1070. The predicted octanol–water partition coefficient (Wildman–Crippen LogP) is 3.68. The van der Waals surface area contributed by atoms with Crippen LogP contribution in [0.5, 0.6) is 0 Å². The highest BCUT2D eigenvalue weighted by atomic mass is 35.5. The van der Waals surface area contributed by atoms with Crippen LogP contribution < -0.4 is 4.72 Å². The van der Waals surface area contributed by atoms with Crippen LogP contribution in [0.1, 0.15) is 16.1 Å². The second-order valence-electron chi connectivity index (χ2n) is 6.20. The average Bonchev–Trinajstić information content (AvgIpc) is 2.67. The number of alkyl halides is 3. The first kappa shape index (κ1) is 22.6. The second kappa shape index (κ2) is 8.58. The van der Waals surface area contributed by atoms with Gasteiger partial charge in [-0.1, -0.05) is 23.2 Å². The quantitative estimate of drug-likeness (QED) is 0.716. The third-order valence-electron chi connectivity index (χ3n) is 4.15. The highest BCUT2D eigenvalue weighted by Crippen LogP contribution is 2.36. The minimum Gasteiger partial charge on any atom is -0.378 e. The number of halogens is 5. The fourth-order valence-corrected chi connectivity index (χ4v) is 4.16. The van der Waals surface area contributed by atoms with Gasteiger partial charge in [-0.15, -0.1) is 0 Å². The number of carbonyl (C=O) groups excluding carboxylic acids is 1. The smallest absolute Gasteiger partial charge is 0.378 e. The SMILES string of the molecule is O=C(c1ncc(Cl)cc1NS(=O)(=O)c1ccc(Cl)c(C(F)(F)F)c1)N1CCOCC1. The highest BCUT2D eigenvalue weighted by Gasteiger charge is 2.35. The van der Waals surface area contributed by atoms with Crippen LogP contribution in [0.25, 0.3) is 0 Å². The lowest BCUT2D eigenvalue weighted by Crippen LogP contribution is -2.41. The molecule has 0 radical (unpaired) electrons. The summed E-state index contributed by atoms with van der Waals surface area (Å²) in [5.74, 6) is -0.570. The van der Waals surface area contributed by atoms with Crippen molar-refractivity contribution < 1.29 is 31.1 Å². The van der Waals surface area contributed by atoms with E-state index in [0.717, 1.165) is 24.4 Å². The Morgan fingerprint density at radius 2 is 1.83 bits per heavy atom. The topological polar surface area (TPSA) is 88.6 Å². The zero-order valence-corrected chi connectivity index (χ0v) is 17.4. The Balaban J connectivity index is 1.97. The molecule has 0 bridgehead atoms. The summed E-state index contributed by atoms with van der Waals surface area (Å²) in [4.78, 5) is 17.4.